The highest BCUT2D eigenvalue weighted by Crippen LogP contribution is 2.24. The minimum atomic E-state index is -0.455. The van der Waals surface area contributed by atoms with Crippen molar-refractivity contribution in [1.82, 2.24) is 25.6 Å². The SMILES string of the molecule is C[C@H](Sc1nc2ncc(Br)cc2[nH]1)C(=O)NC(=O)NC1CCCC1. The Morgan fingerprint density at radius 1 is 1.42 bits per heavy atom. The third-order valence-corrected chi connectivity index (χ3v) is 5.29. The van der Waals surface area contributed by atoms with E-state index in [4.69, 9.17) is 0 Å². The summed E-state index contributed by atoms with van der Waals surface area (Å²) in [7, 11) is 0. The smallest absolute Gasteiger partial charge is 0.321 e. The van der Waals surface area contributed by atoms with E-state index in [0.717, 1.165) is 35.7 Å². The summed E-state index contributed by atoms with van der Waals surface area (Å²) >= 11 is 4.61. The number of thioether (sulfide) groups is 1. The van der Waals surface area contributed by atoms with E-state index in [2.05, 4.69) is 41.5 Å². The van der Waals surface area contributed by atoms with Crippen LogP contribution in [0.25, 0.3) is 11.2 Å². The zero-order valence-corrected chi connectivity index (χ0v) is 15.5. The van der Waals surface area contributed by atoms with E-state index in [1.165, 1.54) is 11.8 Å². The van der Waals surface area contributed by atoms with Gasteiger partial charge in [-0.05, 0) is 41.8 Å². The summed E-state index contributed by atoms with van der Waals surface area (Å²) < 4.78 is 0.851. The van der Waals surface area contributed by atoms with E-state index < -0.39 is 11.3 Å². The van der Waals surface area contributed by atoms with Gasteiger partial charge in [-0.2, -0.15) is 0 Å². The first-order valence-corrected chi connectivity index (χ1v) is 9.48. The van der Waals surface area contributed by atoms with E-state index in [1.54, 1.807) is 13.1 Å². The van der Waals surface area contributed by atoms with Gasteiger partial charge in [-0.1, -0.05) is 24.6 Å². The first-order chi connectivity index (χ1) is 11.5. The Morgan fingerprint density at radius 3 is 2.92 bits per heavy atom. The Morgan fingerprint density at radius 2 is 2.17 bits per heavy atom. The van der Waals surface area contributed by atoms with Gasteiger partial charge in [-0.3, -0.25) is 10.1 Å². The maximum Gasteiger partial charge on any atom is 0.321 e. The maximum absolute atomic E-state index is 12.1. The number of hydrogen-bond acceptors (Lipinski definition) is 5. The van der Waals surface area contributed by atoms with Gasteiger partial charge in [0.15, 0.2) is 10.8 Å². The fourth-order valence-electron chi connectivity index (χ4n) is 2.63. The molecule has 0 spiro atoms. The number of imide groups is 1. The second kappa shape index (κ2) is 7.52. The number of carbonyl (C=O) groups excluding carboxylic acids is 2. The summed E-state index contributed by atoms with van der Waals surface area (Å²) in [5.74, 6) is -0.343. The van der Waals surface area contributed by atoms with Crippen LogP contribution in [-0.4, -0.2) is 38.2 Å². The van der Waals surface area contributed by atoms with E-state index in [0.29, 0.717) is 10.8 Å². The summed E-state index contributed by atoms with van der Waals surface area (Å²) in [6, 6.07) is 1.63. The van der Waals surface area contributed by atoms with Crippen molar-refractivity contribution in [2.75, 3.05) is 0 Å². The summed E-state index contributed by atoms with van der Waals surface area (Å²) in [5, 5.41) is 5.37. The van der Waals surface area contributed by atoms with Crippen LogP contribution in [0.2, 0.25) is 0 Å². The standard InChI is InChI=1S/C15H18BrN5O2S/c1-8(13(22)21-14(23)18-10-4-2-3-5-10)24-15-19-11-6-9(16)7-17-12(11)20-15/h6-8,10H,2-5H2,1H3,(H,17,19,20)(H2,18,21,22,23)/t8-/m0/s1. The van der Waals surface area contributed by atoms with E-state index in [-0.39, 0.29) is 11.9 Å². The monoisotopic (exact) mass is 411 g/mol. The summed E-state index contributed by atoms with van der Waals surface area (Å²) in [5.41, 5.74) is 1.38. The summed E-state index contributed by atoms with van der Waals surface area (Å²) in [6.07, 6.45) is 5.88. The lowest BCUT2D eigenvalue weighted by Gasteiger charge is -2.14. The molecule has 2 aromatic rings. The number of rotatable bonds is 4. The van der Waals surface area contributed by atoms with Crippen molar-refractivity contribution in [3.63, 3.8) is 0 Å². The predicted octanol–water partition coefficient (Wildman–Crippen LogP) is 2.97. The van der Waals surface area contributed by atoms with Crippen LogP contribution >= 0.6 is 27.7 Å². The molecule has 1 fully saturated rings. The molecule has 1 aliphatic rings. The van der Waals surface area contributed by atoms with Crippen LogP contribution in [-0.2, 0) is 4.79 Å². The average molecular weight is 412 g/mol. The van der Waals surface area contributed by atoms with Gasteiger partial charge in [0.05, 0.1) is 10.8 Å². The van der Waals surface area contributed by atoms with Crippen LogP contribution in [0, 0.1) is 0 Å². The minimum Gasteiger partial charge on any atom is -0.335 e. The van der Waals surface area contributed by atoms with Crippen molar-refractivity contribution in [2.45, 2.75) is 49.1 Å². The van der Waals surface area contributed by atoms with Crippen molar-refractivity contribution < 1.29 is 9.59 Å². The van der Waals surface area contributed by atoms with Gasteiger partial charge in [0.25, 0.3) is 0 Å². The first-order valence-electron chi connectivity index (χ1n) is 7.80. The molecule has 24 heavy (non-hydrogen) atoms. The zero-order chi connectivity index (χ0) is 17.1. The van der Waals surface area contributed by atoms with Crippen LogP contribution in [0.4, 0.5) is 4.79 Å². The normalized spacial score (nSPS) is 16.2. The number of aromatic nitrogens is 3. The molecule has 7 nitrogen and oxygen atoms in total. The minimum absolute atomic E-state index is 0.181. The number of fused-ring (bicyclic) bond motifs is 1. The van der Waals surface area contributed by atoms with Crippen molar-refractivity contribution in [1.29, 1.82) is 0 Å². The van der Waals surface area contributed by atoms with Crippen molar-refractivity contribution in [3.05, 3.63) is 16.7 Å². The number of imidazole rings is 1. The Kier molecular flexibility index (Phi) is 5.40. The summed E-state index contributed by atoms with van der Waals surface area (Å²) in [4.78, 5) is 35.6. The number of halogens is 1. The molecule has 3 N–H and O–H groups in total. The Balaban J connectivity index is 1.55. The van der Waals surface area contributed by atoms with Gasteiger partial charge in [-0.15, -0.1) is 0 Å². The maximum atomic E-state index is 12.1. The van der Waals surface area contributed by atoms with Crippen LogP contribution in [0.3, 0.4) is 0 Å². The van der Waals surface area contributed by atoms with Gasteiger partial charge in [-0.25, -0.2) is 14.8 Å². The third kappa shape index (κ3) is 4.27. The molecule has 9 heteroatoms. The van der Waals surface area contributed by atoms with Crippen molar-refractivity contribution in [2.24, 2.45) is 0 Å². The highest BCUT2D eigenvalue weighted by molar-refractivity contribution is 9.10. The number of aromatic amines is 1. The molecule has 0 bridgehead atoms. The molecule has 0 unspecified atom stereocenters. The molecule has 3 amide bonds. The summed E-state index contributed by atoms with van der Waals surface area (Å²) in [6.45, 7) is 1.74. The molecule has 0 aliphatic heterocycles. The van der Waals surface area contributed by atoms with Crippen LogP contribution in [0.15, 0.2) is 21.9 Å². The average Bonchev–Trinajstić information content (AvgIpc) is 3.15. The lowest BCUT2D eigenvalue weighted by atomic mass is 10.2. The number of urea groups is 1. The molecule has 1 atom stereocenters. The number of amides is 3. The number of H-pyrrole nitrogens is 1. The van der Waals surface area contributed by atoms with Crippen LogP contribution < -0.4 is 10.6 Å². The topological polar surface area (TPSA) is 99.8 Å². The Labute approximate surface area is 151 Å². The highest BCUT2D eigenvalue weighted by Gasteiger charge is 2.22. The fourth-order valence-corrected chi connectivity index (χ4v) is 3.77. The van der Waals surface area contributed by atoms with E-state index in [1.807, 2.05) is 6.07 Å². The first kappa shape index (κ1) is 17.2. The van der Waals surface area contributed by atoms with Crippen LogP contribution in [0.5, 0.6) is 0 Å². The van der Waals surface area contributed by atoms with Crippen LogP contribution in [0.1, 0.15) is 32.6 Å². The number of pyridine rings is 1. The molecule has 0 aromatic carbocycles. The quantitative estimate of drug-likeness (QED) is 0.671. The second-order valence-corrected chi connectivity index (χ2v) is 8.02. The number of carbonyl (C=O) groups is 2. The molecule has 0 radical (unpaired) electrons. The van der Waals surface area contributed by atoms with Gasteiger partial charge < -0.3 is 10.3 Å². The molecule has 2 aromatic heterocycles. The number of nitrogens with one attached hydrogen (secondary N) is 3. The fraction of sp³-hybridized carbons (Fsp3) is 0.467. The lowest BCUT2D eigenvalue weighted by molar-refractivity contribution is -0.119. The molecule has 128 valence electrons. The largest absolute Gasteiger partial charge is 0.335 e. The highest BCUT2D eigenvalue weighted by atomic mass is 79.9. The molecular formula is C15H18BrN5O2S. The Bertz CT molecular complexity index is 759. The Hall–Kier alpha value is -1.61. The molecule has 3 rings (SSSR count). The van der Waals surface area contributed by atoms with Gasteiger partial charge in [0.1, 0.15) is 0 Å². The zero-order valence-electron chi connectivity index (χ0n) is 13.1. The van der Waals surface area contributed by atoms with Crippen molar-refractivity contribution in [3.8, 4) is 0 Å². The molecular weight excluding hydrogens is 394 g/mol. The van der Waals surface area contributed by atoms with Crippen molar-refractivity contribution >= 4 is 50.8 Å². The number of nitrogens with zero attached hydrogens (tertiary/aromatic N) is 2. The molecule has 1 aliphatic carbocycles. The van der Waals surface area contributed by atoms with Gasteiger partial charge in [0, 0.05) is 16.7 Å². The molecule has 1 saturated carbocycles. The third-order valence-electron chi connectivity index (χ3n) is 3.87. The van der Waals surface area contributed by atoms with E-state index >= 15 is 0 Å². The second-order valence-electron chi connectivity index (χ2n) is 5.77. The van der Waals surface area contributed by atoms with E-state index in [9.17, 15) is 9.59 Å². The molecule has 0 saturated heterocycles. The van der Waals surface area contributed by atoms with Gasteiger partial charge >= 0.3 is 6.03 Å². The number of hydrogen-bond donors (Lipinski definition) is 3. The lowest BCUT2D eigenvalue weighted by Crippen LogP contribution is -2.45. The molecule has 2 heterocycles. The predicted molar refractivity (Wildman–Crippen MR) is 95.8 cm³/mol. The van der Waals surface area contributed by atoms with Gasteiger partial charge in [0.2, 0.25) is 5.91 Å².